The molecule has 0 spiro atoms. The summed E-state index contributed by atoms with van der Waals surface area (Å²) in [6.45, 7) is 10.7. The van der Waals surface area contributed by atoms with Crippen molar-refractivity contribution in [1.29, 1.82) is 0 Å². The van der Waals surface area contributed by atoms with Crippen molar-refractivity contribution in [1.82, 2.24) is 34.4 Å². The van der Waals surface area contributed by atoms with Gasteiger partial charge in [0.2, 0.25) is 5.91 Å². The molecule has 8 nitrogen and oxygen atoms in total. The van der Waals surface area contributed by atoms with Crippen molar-refractivity contribution in [3.8, 4) is 0 Å². The van der Waals surface area contributed by atoms with E-state index in [-0.39, 0.29) is 17.9 Å². The van der Waals surface area contributed by atoms with Crippen molar-refractivity contribution in [3.05, 3.63) is 23.8 Å². The third kappa shape index (κ3) is 3.94. The molecule has 0 saturated heterocycles. The fourth-order valence-corrected chi connectivity index (χ4v) is 2.55. The second kappa shape index (κ2) is 6.89. The molecule has 0 saturated carbocycles. The summed E-state index contributed by atoms with van der Waals surface area (Å²) in [5, 5.41) is 12.4. The molecule has 1 amide bonds. The van der Waals surface area contributed by atoms with Gasteiger partial charge in [-0.1, -0.05) is 6.92 Å². The highest BCUT2D eigenvalue weighted by Gasteiger charge is 2.21. The monoisotopic (exact) mass is 319 g/mol. The van der Waals surface area contributed by atoms with E-state index < -0.39 is 0 Å². The van der Waals surface area contributed by atoms with Crippen LogP contribution in [0.25, 0.3) is 0 Å². The van der Waals surface area contributed by atoms with E-state index in [0.717, 1.165) is 17.5 Å². The van der Waals surface area contributed by atoms with Crippen LogP contribution in [0.15, 0.2) is 6.33 Å². The summed E-state index contributed by atoms with van der Waals surface area (Å²) >= 11 is 0. The highest BCUT2D eigenvalue weighted by molar-refractivity contribution is 5.78. The molecule has 0 N–H and O–H groups in total. The molecule has 2 aromatic heterocycles. The molecule has 2 aromatic rings. The number of amides is 1. The van der Waals surface area contributed by atoms with E-state index in [1.165, 1.54) is 0 Å². The van der Waals surface area contributed by atoms with Gasteiger partial charge in [-0.15, -0.1) is 10.2 Å². The molecule has 0 bridgehead atoms. The first-order valence-corrected chi connectivity index (χ1v) is 7.81. The first kappa shape index (κ1) is 17.1. The average molecular weight is 319 g/mol. The molecule has 0 radical (unpaired) electrons. The predicted octanol–water partition coefficient (Wildman–Crippen LogP) is 1.36. The minimum absolute atomic E-state index is 0.0517. The summed E-state index contributed by atoms with van der Waals surface area (Å²) in [5.74, 6) is 2.20. The molecule has 2 heterocycles. The van der Waals surface area contributed by atoms with Gasteiger partial charge in [-0.25, -0.2) is 9.67 Å². The molecule has 0 aliphatic heterocycles. The van der Waals surface area contributed by atoms with Gasteiger partial charge < -0.3 is 9.47 Å². The van der Waals surface area contributed by atoms with Gasteiger partial charge in [-0.3, -0.25) is 4.79 Å². The fourth-order valence-electron chi connectivity index (χ4n) is 2.55. The summed E-state index contributed by atoms with van der Waals surface area (Å²) < 4.78 is 3.75. The number of hydrogen-bond donors (Lipinski definition) is 0. The van der Waals surface area contributed by atoms with Gasteiger partial charge in [0.1, 0.15) is 18.0 Å². The molecule has 1 unspecified atom stereocenters. The van der Waals surface area contributed by atoms with E-state index in [2.05, 4.69) is 34.1 Å². The van der Waals surface area contributed by atoms with Crippen molar-refractivity contribution in [2.75, 3.05) is 7.05 Å². The molecule has 8 heteroatoms. The van der Waals surface area contributed by atoms with Crippen molar-refractivity contribution in [3.63, 3.8) is 0 Å². The zero-order valence-electron chi connectivity index (χ0n) is 14.7. The first-order valence-electron chi connectivity index (χ1n) is 7.81. The van der Waals surface area contributed by atoms with Crippen LogP contribution in [0.1, 0.15) is 44.3 Å². The average Bonchev–Trinajstić information content (AvgIpc) is 3.04. The van der Waals surface area contributed by atoms with Crippen LogP contribution >= 0.6 is 0 Å². The Morgan fingerprint density at radius 3 is 2.57 bits per heavy atom. The zero-order chi connectivity index (χ0) is 17.1. The Balaban J connectivity index is 2.01. The second-order valence-electron chi connectivity index (χ2n) is 6.23. The number of aryl methyl sites for hydroxylation is 2. The summed E-state index contributed by atoms with van der Waals surface area (Å²) in [6.07, 6.45) is 1.70. The molecule has 23 heavy (non-hydrogen) atoms. The lowest BCUT2D eigenvalue weighted by atomic mass is 10.1. The SMILES string of the molecule is Cc1nc(C)n(CC(C)C(=O)N(C)Cc2nncn2C(C)C)n1. The van der Waals surface area contributed by atoms with E-state index in [9.17, 15) is 4.79 Å². The zero-order valence-corrected chi connectivity index (χ0v) is 14.7. The number of carbonyl (C=O) groups is 1. The number of carbonyl (C=O) groups excluding carboxylic acids is 1. The molecular weight excluding hydrogens is 294 g/mol. The van der Waals surface area contributed by atoms with Crippen molar-refractivity contribution in [2.24, 2.45) is 5.92 Å². The van der Waals surface area contributed by atoms with E-state index in [1.807, 2.05) is 25.3 Å². The molecule has 1 atom stereocenters. The second-order valence-corrected chi connectivity index (χ2v) is 6.23. The van der Waals surface area contributed by atoms with Crippen LogP contribution in [-0.4, -0.2) is 47.4 Å². The number of nitrogens with zero attached hydrogens (tertiary/aromatic N) is 7. The highest BCUT2D eigenvalue weighted by atomic mass is 16.2. The molecule has 2 rings (SSSR count). The quantitative estimate of drug-likeness (QED) is 0.803. The molecule has 0 aliphatic carbocycles. The first-order chi connectivity index (χ1) is 10.8. The van der Waals surface area contributed by atoms with Gasteiger partial charge >= 0.3 is 0 Å². The molecular formula is C15H25N7O. The van der Waals surface area contributed by atoms with Gasteiger partial charge in [-0.2, -0.15) is 5.10 Å². The maximum Gasteiger partial charge on any atom is 0.227 e. The number of rotatable bonds is 6. The summed E-state index contributed by atoms with van der Waals surface area (Å²) in [5.41, 5.74) is 0. The van der Waals surface area contributed by atoms with E-state index >= 15 is 0 Å². The maximum atomic E-state index is 12.6. The normalized spacial score (nSPS) is 12.7. The summed E-state index contributed by atoms with van der Waals surface area (Å²) in [4.78, 5) is 18.5. The smallest absolute Gasteiger partial charge is 0.227 e. The Morgan fingerprint density at radius 2 is 2.00 bits per heavy atom. The van der Waals surface area contributed by atoms with Crippen LogP contribution in [0.5, 0.6) is 0 Å². The van der Waals surface area contributed by atoms with Crippen molar-refractivity contribution < 1.29 is 4.79 Å². The highest BCUT2D eigenvalue weighted by Crippen LogP contribution is 2.12. The third-order valence-corrected chi connectivity index (χ3v) is 3.79. The summed E-state index contributed by atoms with van der Waals surface area (Å²) in [7, 11) is 1.79. The van der Waals surface area contributed by atoms with E-state index in [1.54, 1.807) is 23.0 Å². The van der Waals surface area contributed by atoms with Crippen LogP contribution in [0.4, 0.5) is 0 Å². The predicted molar refractivity (Wildman–Crippen MR) is 85.5 cm³/mol. The number of aromatic nitrogens is 6. The topological polar surface area (TPSA) is 81.7 Å². The largest absolute Gasteiger partial charge is 0.338 e. The minimum Gasteiger partial charge on any atom is -0.338 e. The standard InChI is InChI=1S/C15H25N7O/c1-10(2)21-9-16-18-14(21)8-20(6)15(23)11(3)7-22-13(5)17-12(4)19-22/h9-11H,7-8H2,1-6H3. The Morgan fingerprint density at radius 1 is 1.30 bits per heavy atom. The van der Waals surface area contributed by atoms with Crippen LogP contribution in [-0.2, 0) is 17.9 Å². The Hall–Kier alpha value is -2.25. The maximum absolute atomic E-state index is 12.6. The summed E-state index contributed by atoms with van der Waals surface area (Å²) in [6, 6.07) is 0.265. The van der Waals surface area contributed by atoms with Crippen LogP contribution in [0, 0.1) is 19.8 Å². The third-order valence-electron chi connectivity index (χ3n) is 3.79. The van der Waals surface area contributed by atoms with Gasteiger partial charge in [0.25, 0.3) is 0 Å². The van der Waals surface area contributed by atoms with Crippen LogP contribution in [0.2, 0.25) is 0 Å². The lowest BCUT2D eigenvalue weighted by Crippen LogP contribution is -2.34. The molecule has 0 aliphatic rings. The Bertz CT molecular complexity index is 673. The van der Waals surface area contributed by atoms with Crippen LogP contribution in [0.3, 0.4) is 0 Å². The molecule has 0 aromatic carbocycles. The Kier molecular flexibility index (Phi) is 5.12. The van der Waals surface area contributed by atoms with Gasteiger partial charge in [-0.05, 0) is 27.7 Å². The van der Waals surface area contributed by atoms with Crippen LogP contribution < -0.4 is 0 Å². The minimum atomic E-state index is -0.185. The van der Waals surface area contributed by atoms with E-state index in [0.29, 0.717) is 13.1 Å². The molecule has 126 valence electrons. The fraction of sp³-hybridized carbons (Fsp3) is 0.667. The van der Waals surface area contributed by atoms with E-state index in [4.69, 9.17) is 0 Å². The van der Waals surface area contributed by atoms with Crippen molar-refractivity contribution in [2.45, 2.75) is 53.8 Å². The number of hydrogen-bond acceptors (Lipinski definition) is 5. The lowest BCUT2D eigenvalue weighted by Gasteiger charge is -2.22. The Labute approximate surface area is 136 Å². The van der Waals surface area contributed by atoms with Crippen molar-refractivity contribution >= 4 is 5.91 Å². The van der Waals surface area contributed by atoms with Gasteiger partial charge in [0.05, 0.1) is 19.0 Å². The molecule has 0 fully saturated rings. The van der Waals surface area contributed by atoms with Gasteiger partial charge in [0.15, 0.2) is 5.82 Å². The lowest BCUT2D eigenvalue weighted by molar-refractivity contribution is -0.134. The van der Waals surface area contributed by atoms with Gasteiger partial charge in [0, 0.05) is 13.1 Å².